The molecule has 0 saturated heterocycles. The van der Waals surface area contributed by atoms with Crippen molar-refractivity contribution in [3.05, 3.63) is 78.4 Å². The van der Waals surface area contributed by atoms with E-state index in [0.717, 1.165) is 11.3 Å². The first-order valence-electron chi connectivity index (χ1n) is 8.07. The topological polar surface area (TPSA) is 59.3 Å². The Morgan fingerprint density at radius 3 is 2.64 bits per heavy atom. The van der Waals surface area contributed by atoms with E-state index in [0.29, 0.717) is 18.8 Å². The van der Waals surface area contributed by atoms with Crippen LogP contribution >= 0.6 is 0 Å². The number of ether oxygens (including phenoxy) is 1. The predicted molar refractivity (Wildman–Crippen MR) is 93.2 cm³/mol. The quantitative estimate of drug-likeness (QED) is 0.661. The molecule has 6 heteroatoms. The Hall–Kier alpha value is -2.70. The van der Waals surface area contributed by atoms with Gasteiger partial charge < -0.3 is 15.2 Å². The number of halogens is 1. The molecule has 1 aromatic heterocycles. The average molecular weight is 341 g/mol. The van der Waals surface area contributed by atoms with Crippen LogP contribution in [0.15, 0.2) is 67.0 Å². The van der Waals surface area contributed by atoms with Gasteiger partial charge in [0, 0.05) is 24.8 Å². The van der Waals surface area contributed by atoms with Crippen molar-refractivity contribution in [2.24, 2.45) is 0 Å². The molecule has 3 rings (SSSR count). The predicted octanol–water partition coefficient (Wildman–Crippen LogP) is 2.54. The molecule has 2 N–H and O–H groups in total. The summed E-state index contributed by atoms with van der Waals surface area (Å²) in [6.45, 7) is 1.13. The van der Waals surface area contributed by atoms with E-state index in [-0.39, 0.29) is 12.4 Å². The van der Waals surface area contributed by atoms with Gasteiger partial charge in [0.1, 0.15) is 24.3 Å². The van der Waals surface area contributed by atoms with E-state index in [1.165, 1.54) is 24.3 Å². The second kappa shape index (κ2) is 8.41. The van der Waals surface area contributed by atoms with Gasteiger partial charge in [0.25, 0.3) is 0 Å². The largest absolute Gasteiger partial charge is 0.491 e. The number of hydrogen-bond acceptors (Lipinski definition) is 4. The van der Waals surface area contributed by atoms with Gasteiger partial charge in [0.15, 0.2) is 0 Å². The minimum absolute atomic E-state index is 0.141. The maximum atomic E-state index is 12.8. The van der Waals surface area contributed by atoms with E-state index in [4.69, 9.17) is 4.74 Å². The zero-order chi connectivity index (χ0) is 17.5. The van der Waals surface area contributed by atoms with Gasteiger partial charge >= 0.3 is 0 Å². The van der Waals surface area contributed by atoms with Crippen LogP contribution in [0.3, 0.4) is 0 Å². The third-order valence-electron chi connectivity index (χ3n) is 3.62. The van der Waals surface area contributed by atoms with Crippen LogP contribution in [-0.2, 0) is 6.54 Å². The molecule has 1 heterocycles. The molecule has 2 aromatic carbocycles. The highest BCUT2D eigenvalue weighted by atomic mass is 19.1. The maximum absolute atomic E-state index is 12.8. The van der Waals surface area contributed by atoms with Crippen molar-refractivity contribution in [2.45, 2.75) is 12.6 Å². The molecule has 1 unspecified atom stereocenters. The lowest BCUT2D eigenvalue weighted by atomic mass is 10.3. The number of para-hydroxylation sites is 1. The lowest BCUT2D eigenvalue weighted by molar-refractivity contribution is 0.106. The Morgan fingerprint density at radius 2 is 1.88 bits per heavy atom. The van der Waals surface area contributed by atoms with Crippen molar-refractivity contribution in [2.75, 3.05) is 13.2 Å². The zero-order valence-electron chi connectivity index (χ0n) is 13.7. The smallest absolute Gasteiger partial charge is 0.123 e. The summed E-state index contributed by atoms with van der Waals surface area (Å²) in [6.07, 6.45) is 3.08. The number of benzene rings is 2. The van der Waals surface area contributed by atoms with Gasteiger partial charge in [-0.2, -0.15) is 5.10 Å². The third-order valence-corrected chi connectivity index (χ3v) is 3.62. The first kappa shape index (κ1) is 17.1. The molecule has 130 valence electrons. The molecule has 0 spiro atoms. The van der Waals surface area contributed by atoms with E-state index in [2.05, 4.69) is 10.4 Å². The molecule has 0 fully saturated rings. The van der Waals surface area contributed by atoms with Crippen LogP contribution < -0.4 is 10.1 Å². The SMILES string of the molecule is OC(CNCc1cnn(-c2ccccc2)c1)COc1ccc(F)cc1. The van der Waals surface area contributed by atoms with Crippen LogP contribution in [0.5, 0.6) is 5.75 Å². The number of nitrogens with one attached hydrogen (secondary N) is 1. The molecule has 1 atom stereocenters. The van der Waals surface area contributed by atoms with E-state index >= 15 is 0 Å². The fraction of sp³-hybridized carbons (Fsp3) is 0.211. The molecular formula is C19H20FN3O2. The van der Waals surface area contributed by atoms with Gasteiger partial charge in [0.2, 0.25) is 0 Å². The first-order valence-corrected chi connectivity index (χ1v) is 8.07. The van der Waals surface area contributed by atoms with Crippen LogP contribution in [0.25, 0.3) is 5.69 Å². The van der Waals surface area contributed by atoms with E-state index < -0.39 is 6.10 Å². The van der Waals surface area contributed by atoms with Gasteiger partial charge in [-0.15, -0.1) is 0 Å². The molecule has 5 nitrogen and oxygen atoms in total. The minimum Gasteiger partial charge on any atom is -0.491 e. The van der Waals surface area contributed by atoms with Gasteiger partial charge in [-0.1, -0.05) is 18.2 Å². The normalized spacial score (nSPS) is 12.1. The summed E-state index contributed by atoms with van der Waals surface area (Å²) < 4.78 is 20.0. The lowest BCUT2D eigenvalue weighted by Crippen LogP contribution is -2.31. The monoisotopic (exact) mass is 341 g/mol. The van der Waals surface area contributed by atoms with Crippen molar-refractivity contribution in [3.8, 4) is 11.4 Å². The molecule has 0 radical (unpaired) electrons. The summed E-state index contributed by atoms with van der Waals surface area (Å²) in [5.41, 5.74) is 2.02. The number of aliphatic hydroxyl groups is 1. The molecular weight excluding hydrogens is 321 g/mol. The summed E-state index contributed by atoms with van der Waals surface area (Å²) in [7, 11) is 0. The summed E-state index contributed by atoms with van der Waals surface area (Å²) in [4.78, 5) is 0. The number of aliphatic hydroxyl groups excluding tert-OH is 1. The van der Waals surface area contributed by atoms with Crippen molar-refractivity contribution >= 4 is 0 Å². The summed E-state index contributed by atoms with van der Waals surface area (Å²) in [5, 5.41) is 17.4. The summed E-state index contributed by atoms with van der Waals surface area (Å²) >= 11 is 0. The molecule has 0 aliphatic rings. The second-order valence-electron chi connectivity index (χ2n) is 5.68. The van der Waals surface area contributed by atoms with Crippen molar-refractivity contribution in [1.82, 2.24) is 15.1 Å². The maximum Gasteiger partial charge on any atom is 0.123 e. The van der Waals surface area contributed by atoms with Crippen molar-refractivity contribution in [3.63, 3.8) is 0 Å². The van der Waals surface area contributed by atoms with Gasteiger partial charge in [-0.3, -0.25) is 0 Å². The number of nitrogens with zero attached hydrogens (tertiary/aromatic N) is 2. The van der Waals surface area contributed by atoms with Crippen LogP contribution in [0.1, 0.15) is 5.56 Å². The Labute approximate surface area is 145 Å². The van der Waals surface area contributed by atoms with Crippen LogP contribution in [0.2, 0.25) is 0 Å². The van der Waals surface area contributed by atoms with Crippen molar-refractivity contribution in [1.29, 1.82) is 0 Å². The molecule has 3 aromatic rings. The fourth-order valence-corrected chi connectivity index (χ4v) is 2.34. The van der Waals surface area contributed by atoms with Crippen molar-refractivity contribution < 1.29 is 14.2 Å². The van der Waals surface area contributed by atoms with Gasteiger partial charge in [0.05, 0.1) is 11.9 Å². The third kappa shape index (κ3) is 5.14. The number of rotatable bonds is 8. The second-order valence-corrected chi connectivity index (χ2v) is 5.68. The van der Waals surface area contributed by atoms with Gasteiger partial charge in [-0.25, -0.2) is 9.07 Å². The lowest BCUT2D eigenvalue weighted by Gasteiger charge is -2.13. The van der Waals surface area contributed by atoms with E-state index in [9.17, 15) is 9.50 Å². The highest BCUT2D eigenvalue weighted by Gasteiger charge is 2.06. The molecule has 0 aliphatic heterocycles. The van der Waals surface area contributed by atoms with Crippen LogP contribution in [0, 0.1) is 5.82 Å². The fourth-order valence-electron chi connectivity index (χ4n) is 2.34. The Balaban J connectivity index is 1.40. The van der Waals surface area contributed by atoms with E-state index in [1.807, 2.05) is 41.2 Å². The number of aromatic nitrogens is 2. The molecule has 0 bridgehead atoms. The Morgan fingerprint density at radius 1 is 1.12 bits per heavy atom. The summed E-state index contributed by atoms with van der Waals surface area (Å²) in [5.74, 6) is 0.218. The first-order chi connectivity index (χ1) is 12.2. The molecule has 25 heavy (non-hydrogen) atoms. The van der Waals surface area contributed by atoms with Gasteiger partial charge in [-0.05, 0) is 36.4 Å². The summed E-state index contributed by atoms with van der Waals surface area (Å²) in [6, 6.07) is 15.6. The minimum atomic E-state index is -0.658. The standard InChI is InChI=1S/C19H20FN3O2/c20-16-6-8-19(9-7-16)25-14-18(24)12-21-10-15-11-22-23(13-15)17-4-2-1-3-5-17/h1-9,11,13,18,21,24H,10,12,14H2. The van der Waals surface area contributed by atoms with E-state index in [1.54, 1.807) is 6.20 Å². The van der Waals surface area contributed by atoms with Crippen LogP contribution in [-0.4, -0.2) is 34.1 Å². The zero-order valence-corrected chi connectivity index (χ0v) is 13.7. The Bertz CT molecular complexity index is 775. The molecule has 0 amide bonds. The van der Waals surface area contributed by atoms with Crippen LogP contribution in [0.4, 0.5) is 4.39 Å². The number of hydrogen-bond donors (Lipinski definition) is 2. The Kier molecular flexibility index (Phi) is 5.77. The molecule has 0 aliphatic carbocycles. The average Bonchev–Trinajstić information content (AvgIpc) is 3.11. The molecule has 0 saturated carbocycles. The highest BCUT2D eigenvalue weighted by molar-refractivity contribution is 5.30. The highest BCUT2D eigenvalue weighted by Crippen LogP contribution is 2.11.